The number of anilines is 2. The lowest BCUT2D eigenvalue weighted by Gasteiger charge is -2.15. The van der Waals surface area contributed by atoms with Crippen LogP contribution in [0.25, 0.3) is 0 Å². The Balaban J connectivity index is 2.51. The van der Waals surface area contributed by atoms with Gasteiger partial charge in [-0.25, -0.2) is 0 Å². The van der Waals surface area contributed by atoms with Gasteiger partial charge in [0.25, 0.3) is 0 Å². The van der Waals surface area contributed by atoms with E-state index in [-0.39, 0.29) is 17.5 Å². The number of halogens is 6. The lowest BCUT2D eigenvalue weighted by Crippen LogP contribution is -2.09. The quantitative estimate of drug-likeness (QED) is 0.369. The van der Waals surface area contributed by atoms with Crippen LogP contribution in [-0.4, -0.2) is 10.2 Å². The summed E-state index contributed by atoms with van der Waals surface area (Å²) in [5.74, 6) is -2.31. The maximum absolute atomic E-state index is 12.9. The largest absolute Gasteiger partial charge is 0.505 e. The highest BCUT2D eigenvalue weighted by Gasteiger charge is 2.36. The summed E-state index contributed by atoms with van der Waals surface area (Å²) < 4.78 is 77.2. The van der Waals surface area contributed by atoms with Gasteiger partial charge in [0, 0.05) is 0 Å². The molecule has 0 saturated carbocycles. The van der Waals surface area contributed by atoms with Crippen molar-refractivity contribution in [2.24, 2.45) is 0 Å². The fourth-order valence-corrected chi connectivity index (χ4v) is 2.31. The van der Waals surface area contributed by atoms with Crippen molar-refractivity contribution in [3.63, 3.8) is 0 Å². The summed E-state index contributed by atoms with van der Waals surface area (Å²) in [5.41, 5.74) is 6.57. The van der Waals surface area contributed by atoms with Gasteiger partial charge in [-0.3, -0.25) is 0 Å². The molecule has 25 heavy (non-hydrogen) atoms. The molecule has 10 heteroatoms. The number of nitrogens with two attached hydrogens (primary N) is 2. The van der Waals surface area contributed by atoms with Gasteiger partial charge in [-0.05, 0) is 41.8 Å². The van der Waals surface area contributed by atoms with E-state index in [1.807, 2.05) is 0 Å². The average Bonchev–Trinajstić information content (AvgIpc) is 2.43. The molecule has 0 aromatic heterocycles. The fraction of sp³-hybridized carbons (Fsp3) is 0.200. The summed E-state index contributed by atoms with van der Waals surface area (Å²) in [7, 11) is 0. The van der Waals surface area contributed by atoms with Gasteiger partial charge in [0.1, 0.15) is 0 Å². The SMILES string of the molecule is Nc1cc(Cc2cc(N)c(O)c(C(F)(F)F)c2)cc(C(F)(F)F)c1O. The minimum Gasteiger partial charge on any atom is -0.505 e. The highest BCUT2D eigenvalue weighted by Crippen LogP contribution is 2.42. The molecule has 0 fully saturated rings. The van der Waals surface area contributed by atoms with E-state index in [1.165, 1.54) is 0 Å². The number of benzene rings is 2. The van der Waals surface area contributed by atoms with Crippen molar-refractivity contribution in [3.05, 3.63) is 46.5 Å². The standard InChI is InChI=1S/C15H12F6N2O2/c16-14(17,18)8-2-6(4-10(22)12(8)24)1-7-3-9(15(19,20)21)13(25)11(23)5-7/h2-5,24-25H,1,22-23H2. The molecule has 0 saturated heterocycles. The normalized spacial score (nSPS) is 12.4. The summed E-state index contributed by atoms with van der Waals surface area (Å²) in [5, 5.41) is 18.8. The molecule has 0 atom stereocenters. The maximum Gasteiger partial charge on any atom is 0.420 e. The third kappa shape index (κ3) is 3.83. The molecule has 2 aromatic rings. The third-order valence-corrected chi connectivity index (χ3v) is 3.42. The lowest BCUT2D eigenvalue weighted by molar-refractivity contribution is -0.139. The van der Waals surface area contributed by atoms with Crippen LogP contribution in [0.3, 0.4) is 0 Å². The molecule has 0 aliphatic heterocycles. The van der Waals surface area contributed by atoms with E-state index in [4.69, 9.17) is 11.5 Å². The van der Waals surface area contributed by atoms with Gasteiger partial charge in [0.2, 0.25) is 0 Å². The van der Waals surface area contributed by atoms with Gasteiger partial charge >= 0.3 is 12.4 Å². The lowest BCUT2D eigenvalue weighted by atomic mass is 9.98. The van der Waals surface area contributed by atoms with E-state index in [1.54, 1.807) is 0 Å². The molecule has 136 valence electrons. The Morgan fingerprint density at radius 3 is 1.28 bits per heavy atom. The second-order valence-electron chi connectivity index (χ2n) is 5.33. The van der Waals surface area contributed by atoms with Crippen molar-refractivity contribution in [2.75, 3.05) is 11.5 Å². The second kappa shape index (κ2) is 5.94. The first kappa shape index (κ1) is 18.6. The van der Waals surface area contributed by atoms with Crippen molar-refractivity contribution < 1.29 is 36.6 Å². The van der Waals surface area contributed by atoms with Crippen LogP contribution in [0.1, 0.15) is 22.3 Å². The summed E-state index contributed by atoms with van der Waals surface area (Å²) in [6.45, 7) is 0. The molecule has 0 amide bonds. The molecule has 6 N–H and O–H groups in total. The number of hydrogen-bond acceptors (Lipinski definition) is 4. The number of hydrogen-bond donors (Lipinski definition) is 4. The molecule has 2 aromatic carbocycles. The van der Waals surface area contributed by atoms with Crippen molar-refractivity contribution in [3.8, 4) is 11.5 Å². The average molecular weight is 366 g/mol. The molecule has 2 rings (SSSR count). The first-order chi connectivity index (χ1) is 11.3. The molecule has 0 spiro atoms. The van der Waals surface area contributed by atoms with Crippen LogP contribution in [0.15, 0.2) is 24.3 Å². The smallest absolute Gasteiger partial charge is 0.420 e. The Hall–Kier alpha value is -2.78. The summed E-state index contributed by atoms with van der Waals surface area (Å²) >= 11 is 0. The maximum atomic E-state index is 12.9. The van der Waals surface area contributed by atoms with Crippen molar-refractivity contribution in [2.45, 2.75) is 18.8 Å². The molecular formula is C15H12F6N2O2. The van der Waals surface area contributed by atoms with Crippen LogP contribution >= 0.6 is 0 Å². The molecule has 4 nitrogen and oxygen atoms in total. The Kier molecular flexibility index (Phi) is 4.41. The Morgan fingerprint density at radius 2 is 1.00 bits per heavy atom. The summed E-state index contributed by atoms with van der Waals surface area (Å²) in [6.07, 6.45) is -10.2. The van der Waals surface area contributed by atoms with Crippen molar-refractivity contribution >= 4 is 11.4 Å². The zero-order chi connectivity index (χ0) is 19.2. The molecular weight excluding hydrogens is 354 g/mol. The van der Waals surface area contributed by atoms with E-state index in [0.717, 1.165) is 12.1 Å². The first-order valence-electron chi connectivity index (χ1n) is 6.67. The zero-order valence-corrected chi connectivity index (χ0v) is 12.3. The van der Waals surface area contributed by atoms with Crippen molar-refractivity contribution in [1.82, 2.24) is 0 Å². The van der Waals surface area contributed by atoms with Crippen LogP contribution in [0.4, 0.5) is 37.7 Å². The van der Waals surface area contributed by atoms with Gasteiger partial charge in [0.15, 0.2) is 11.5 Å². The van der Waals surface area contributed by atoms with Gasteiger partial charge in [-0.1, -0.05) is 0 Å². The Bertz CT molecular complexity index is 748. The highest BCUT2D eigenvalue weighted by atomic mass is 19.4. The minimum absolute atomic E-state index is 0.0826. The topological polar surface area (TPSA) is 92.5 Å². The number of phenols is 2. The number of nitrogen functional groups attached to an aromatic ring is 2. The number of alkyl halides is 6. The predicted molar refractivity (Wildman–Crippen MR) is 77.8 cm³/mol. The van der Waals surface area contributed by atoms with E-state index >= 15 is 0 Å². The number of rotatable bonds is 2. The third-order valence-electron chi connectivity index (χ3n) is 3.42. The van der Waals surface area contributed by atoms with E-state index in [9.17, 15) is 36.6 Å². The van der Waals surface area contributed by atoms with Crippen LogP contribution in [-0.2, 0) is 18.8 Å². The molecule has 0 aliphatic carbocycles. The highest BCUT2D eigenvalue weighted by molar-refractivity contribution is 5.61. The first-order valence-corrected chi connectivity index (χ1v) is 6.67. The summed E-state index contributed by atoms with van der Waals surface area (Å²) in [6, 6.07) is 3.20. The second-order valence-corrected chi connectivity index (χ2v) is 5.33. The minimum atomic E-state index is -4.89. The Morgan fingerprint density at radius 1 is 0.680 bits per heavy atom. The predicted octanol–water partition coefficient (Wildman–Crippen LogP) is 3.89. The van der Waals surface area contributed by atoms with Gasteiger partial charge in [-0.2, -0.15) is 26.3 Å². The number of aromatic hydroxyl groups is 2. The van der Waals surface area contributed by atoms with Crippen molar-refractivity contribution in [1.29, 1.82) is 0 Å². The van der Waals surface area contributed by atoms with Gasteiger partial charge in [-0.15, -0.1) is 0 Å². The molecule has 0 radical (unpaired) electrons. The van der Waals surface area contributed by atoms with Crippen LogP contribution in [0, 0.1) is 0 Å². The molecule has 0 unspecified atom stereocenters. The Labute approximate surface area is 137 Å². The van der Waals surface area contributed by atoms with E-state index in [0.29, 0.717) is 12.1 Å². The monoisotopic (exact) mass is 366 g/mol. The van der Waals surface area contributed by atoms with Gasteiger partial charge in [0.05, 0.1) is 22.5 Å². The van der Waals surface area contributed by atoms with Gasteiger partial charge < -0.3 is 21.7 Å². The molecule has 0 heterocycles. The fourth-order valence-electron chi connectivity index (χ4n) is 2.31. The molecule has 0 aliphatic rings. The summed E-state index contributed by atoms with van der Waals surface area (Å²) in [4.78, 5) is 0. The van der Waals surface area contributed by atoms with E-state index < -0.39 is 46.4 Å². The van der Waals surface area contributed by atoms with E-state index in [2.05, 4.69) is 0 Å². The van der Waals surface area contributed by atoms with Crippen LogP contribution in [0.2, 0.25) is 0 Å². The zero-order valence-electron chi connectivity index (χ0n) is 12.3. The number of phenolic OH excluding ortho intramolecular Hbond substituents is 2. The van der Waals surface area contributed by atoms with Crippen LogP contribution in [0.5, 0.6) is 11.5 Å². The van der Waals surface area contributed by atoms with Crippen LogP contribution < -0.4 is 11.5 Å². The molecule has 0 bridgehead atoms.